The number of aryl methyl sites for hydroxylation is 2. The summed E-state index contributed by atoms with van der Waals surface area (Å²) < 4.78 is 3.86. The van der Waals surface area contributed by atoms with Crippen molar-refractivity contribution in [3.05, 3.63) is 27.2 Å². The Hall–Kier alpha value is -2.48. The molecule has 2 heterocycles. The summed E-state index contributed by atoms with van der Waals surface area (Å²) in [6.07, 6.45) is 0.318. The number of aliphatic carboxylic acids is 3. The largest absolute Gasteiger partial charge is 1.00 e. The Morgan fingerprint density at radius 1 is 1.00 bits per heavy atom. The SMILES string of the molecule is Cn1c(=O)c2c(n[c-]n2C)n(C)c1=O.O=C(O)CC(O)(CC(=O)O)C(=O)O.[Na+]. The first-order valence-corrected chi connectivity index (χ1v) is 7.21. The van der Waals surface area contributed by atoms with Gasteiger partial charge in [-0.3, -0.25) is 19.0 Å². The van der Waals surface area contributed by atoms with Crippen LogP contribution >= 0.6 is 0 Å². The molecule has 0 aliphatic carbocycles. The second-order valence-corrected chi connectivity index (χ2v) is 5.63. The molecular weight excluding hydrogens is 391 g/mol. The van der Waals surface area contributed by atoms with E-state index in [9.17, 15) is 24.0 Å². The molecule has 0 aliphatic heterocycles. The molecule has 148 valence electrons. The second-order valence-electron chi connectivity index (χ2n) is 5.63. The standard InChI is InChI=1S/C8H9N4O2.C6H8O7.Na/c1-10-4-9-6-5(10)7(13)12(3)8(14)11(6)2;7-3(8)1-6(13,5(11)12)2-4(9)10;/h1-3H3;13H,1-2H2,(H,7,8)(H,9,10)(H,11,12);/q-1;;+1. The van der Waals surface area contributed by atoms with Gasteiger partial charge < -0.3 is 34.5 Å². The summed E-state index contributed by atoms with van der Waals surface area (Å²) in [6.45, 7) is 0. The van der Waals surface area contributed by atoms with E-state index >= 15 is 0 Å². The van der Waals surface area contributed by atoms with Gasteiger partial charge in [-0.1, -0.05) is 0 Å². The van der Waals surface area contributed by atoms with Crippen LogP contribution in [0.2, 0.25) is 0 Å². The van der Waals surface area contributed by atoms with Gasteiger partial charge in [0.2, 0.25) is 5.56 Å². The Bertz CT molecular complexity index is 1000. The molecule has 0 spiro atoms. The molecule has 0 aliphatic rings. The van der Waals surface area contributed by atoms with Crippen LogP contribution in [0.25, 0.3) is 11.2 Å². The Labute approximate surface area is 178 Å². The summed E-state index contributed by atoms with van der Waals surface area (Å²) >= 11 is 0. The Balaban J connectivity index is 0.000000505. The molecule has 28 heavy (non-hydrogen) atoms. The van der Waals surface area contributed by atoms with Crippen LogP contribution in [0, 0.1) is 6.33 Å². The van der Waals surface area contributed by atoms with E-state index < -0.39 is 36.4 Å². The van der Waals surface area contributed by atoms with Gasteiger partial charge in [0.1, 0.15) is 0 Å². The molecule has 0 bridgehead atoms. The van der Waals surface area contributed by atoms with E-state index in [0.717, 1.165) is 4.57 Å². The third-order valence-electron chi connectivity index (χ3n) is 3.54. The molecule has 0 fully saturated rings. The number of hydrogen-bond acceptors (Lipinski definition) is 7. The summed E-state index contributed by atoms with van der Waals surface area (Å²) in [4.78, 5) is 57.5. The van der Waals surface area contributed by atoms with Crippen LogP contribution in [0.15, 0.2) is 9.59 Å². The minimum Gasteiger partial charge on any atom is -0.481 e. The van der Waals surface area contributed by atoms with Crippen molar-refractivity contribution in [2.75, 3.05) is 0 Å². The van der Waals surface area contributed by atoms with Crippen molar-refractivity contribution < 1.29 is 64.4 Å². The molecular formula is C14H17N4NaO9. The number of carboxylic acids is 3. The first-order valence-electron chi connectivity index (χ1n) is 7.21. The Kier molecular flexibility index (Phi) is 8.78. The van der Waals surface area contributed by atoms with Crippen LogP contribution in [0.5, 0.6) is 0 Å². The predicted molar refractivity (Wildman–Crippen MR) is 87.1 cm³/mol. The fourth-order valence-corrected chi connectivity index (χ4v) is 2.12. The molecule has 0 saturated heterocycles. The summed E-state index contributed by atoms with van der Waals surface area (Å²) in [5.41, 5.74) is -2.72. The van der Waals surface area contributed by atoms with E-state index in [4.69, 9.17) is 20.4 Å². The van der Waals surface area contributed by atoms with Crippen molar-refractivity contribution >= 4 is 29.1 Å². The van der Waals surface area contributed by atoms with Gasteiger partial charge in [-0.05, 0) is 12.6 Å². The average Bonchev–Trinajstić information content (AvgIpc) is 2.91. The number of aliphatic hydroxyl groups is 1. The molecule has 13 nitrogen and oxygen atoms in total. The third kappa shape index (κ3) is 5.51. The number of imidazole rings is 1. The van der Waals surface area contributed by atoms with E-state index in [1.165, 1.54) is 16.2 Å². The van der Waals surface area contributed by atoms with Gasteiger partial charge in [-0.25, -0.2) is 9.59 Å². The van der Waals surface area contributed by atoms with Gasteiger partial charge in [-0.2, -0.15) is 0 Å². The van der Waals surface area contributed by atoms with Gasteiger partial charge in [0.25, 0.3) is 0 Å². The average molecular weight is 408 g/mol. The zero-order valence-corrected chi connectivity index (χ0v) is 17.5. The minimum absolute atomic E-state index is 0. The number of aromatic nitrogens is 4. The van der Waals surface area contributed by atoms with Crippen molar-refractivity contribution in [3.63, 3.8) is 0 Å². The molecule has 0 radical (unpaired) electrons. The molecule has 0 atom stereocenters. The van der Waals surface area contributed by atoms with E-state index in [1.807, 2.05) is 0 Å². The van der Waals surface area contributed by atoms with Gasteiger partial charge in [0.05, 0.1) is 12.8 Å². The maximum absolute atomic E-state index is 11.7. The van der Waals surface area contributed by atoms with Gasteiger partial charge in [0, 0.05) is 26.1 Å². The minimum atomic E-state index is -2.74. The van der Waals surface area contributed by atoms with E-state index in [-0.39, 0.29) is 40.8 Å². The van der Waals surface area contributed by atoms with Gasteiger partial charge >= 0.3 is 53.2 Å². The van der Waals surface area contributed by atoms with Crippen LogP contribution in [0.4, 0.5) is 0 Å². The molecule has 2 rings (SSSR count). The molecule has 2 aromatic heterocycles. The zero-order valence-electron chi connectivity index (χ0n) is 15.5. The molecule has 2 aromatic rings. The molecule has 4 N–H and O–H groups in total. The molecule has 0 unspecified atom stereocenters. The van der Waals surface area contributed by atoms with Crippen LogP contribution in [0.1, 0.15) is 12.8 Å². The van der Waals surface area contributed by atoms with E-state index in [1.54, 1.807) is 14.1 Å². The van der Waals surface area contributed by atoms with Crippen LogP contribution in [-0.2, 0) is 35.5 Å². The van der Waals surface area contributed by atoms with Crippen molar-refractivity contribution in [1.82, 2.24) is 18.7 Å². The molecule has 14 heteroatoms. The summed E-state index contributed by atoms with van der Waals surface area (Å²) in [6, 6.07) is 0. The van der Waals surface area contributed by atoms with Crippen molar-refractivity contribution in [2.24, 2.45) is 21.1 Å². The van der Waals surface area contributed by atoms with Crippen molar-refractivity contribution in [2.45, 2.75) is 18.4 Å². The van der Waals surface area contributed by atoms with Crippen LogP contribution in [-0.4, -0.2) is 62.6 Å². The second kappa shape index (κ2) is 9.64. The first kappa shape index (κ1) is 25.5. The molecule has 0 saturated carbocycles. The van der Waals surface area contributed by atoms with Crippen molar-refractivity contribution in [3.8, 4) is 0 Å². The number of rotatable bonds is 5. The smallest absolute Gasteiger partial charge is 0.481 e. The predicted octanol–water partition coefficient (Wildman–Crippen LogP) is -5.47. The quantitative estimate of drug-likeness (QED) is 0.274. The van der Waals surface area contributed by atoms with Gasteiger partial charge in [0.15, 0.2) is 5.60 Å². The zero-order chi connectivity index (χ0) is 21.1. The van der Waals surface area contributed by atoms with Crippen LogP contribution < -0.4 is 40.8 Å². The molecule has 0 amide bonds. The van der Waals surface area contributed by atoms with E-state index in [2.05, 4.69) is 11.3 Å². The summed E-state index contributed by atoms with van der Waals surface area (Å²) in [5.74, 6) is -5.02. The maximum Gasteiger partial charge on any atom is 1.00 e. The Morgan fingerprint density at radius 3 is 1.86 bits per heavy atom. The summed E-state index contributed by atoms with van der Waals surface area (Å²) in [5, 5.41) is 33.8. The normalized spacial score (nSPS) is 10.6. The first-order chi connectivity index (χ1) is 12.3. The topological polar surface area (TPSA) is 194 Å². The summed E-state index contributed by atoms with van der Waals surface area (Å²) in [7, 11) is 4.68. The number of nitrogens with zero attached hydrogens (tertiary/aromatic N) is 4. The van der Waals surface area contributed by atoms with Crippen LogP contribution in [0.3, 0.4) is 0 Å². The number of carboxylic acid groups (broad SMARTS) is 3. The fraction of sp³-hybridized carbons (Fsp3) is 0.429. The number of fused-ring (bicyclic) bond motifs is 1. The third-order valence-corrected chi connectivity index (χ3v) is 3.54. The fourth-order valence-electron chi connectivity index (χ4n) is 2.12. The van der Waals surface area contributed by atoms with Crippen molar-refractivity contribution in [1.29, 1.82) is 0 Å². The monoisotopic (exact) mass is 408 g/mol. The maximum atomic E-state index is 11.7. The number of hydrogen-bond donors (Lipinski definition) is 4. The van der Waals surface area contributed by atoms with Gasteiger partial charge in [-0.15, -0.1) is 0 Å². The molecule has 0 aromatic carbocycles. The Morgan fingerprint density at radius 2 is 1.46 bits per heavy atom. The number of carbonyl (C=O) groups is 3. The van der Waals surface area contributed by atoms with E-state index in [0.29, 0.717) is 11.2 Å².